The summed E-state index contributed by atoms with van der Waals surface area (Å²) in [5.41, 5.74) is 3.31. The van der Waals surface area contributed by atoms with E-state index in [1.165, 1.54) is 5.56 Å². The highest BCUT2D eigenvalue weighted by molar-refractivity contribution is 5.75. The minimum atomic E-state index is 0.428. The molecule has 5 heteroatoms. The highest BCUT2D eigenvalue weighted by Crippen LogP contribution is 2.20. The normalized spacial score (nSPS) is 10.9. The summed E-state index contributed by atoms with van der Waals surface area (Å²) in [6.07, 6.45) is 0.865. The van der Waals surface area contributed by atoms with Gasteiger partial charge in [0.2, 0.25) is 0 Å². The number of imidazole rings is 1. The molecule has 1 aromatic heterocycles. The molecule has 0 fully saturated rings. The Bertz CT molecular complexity index is 1090. The molecule has 0 aliphatic carbocycles. The predicted octanol–water partition coefficient (Wildman–Crippen LogP) is 5.40. The van der Waals surface area contributed by atoms with Crippen LogP contribution in [0.25, 0.3) is 11.0 Å². The number of ether oxygens (including phenoxy) is 3. The number of para-hydroxylation sites is 2. The number of aromatic nitrogens is 2. The van der Waals surface area contributed by atoms with Crippen LogP contribution in [0.4, 0.5) is 0 Å². The fourth-order valence-electron chi connectivity index (χ4n) is 3.35. The number of aryl methyl sites for hydroxylation is 2. The molecule has 4 rings (SSSR count). The zero-order valence-corrected chi connectivity index (χ0v) is 17.4. The van der Waals surface area contributed by atoms with Crippen LogP contribution in [0.2, 0.25) is 0 Å². The summed E-state index contributed by atoms with van der Waals surface area (Å²) < 4.78 is 19.3. The number of benzene rings is 3. The Morgan fingerprint density at radius 3 is 2.23 bits per heavy atom. The monoisotopic (exact) mass is 402 g/mol. The first-order valence-electron chi connectivity index (χ1n) is 10.1. The van der Waals surface area contributed by atoms with E-state index in [9.17, 15) is 0 Å². The average molecular weight is 402 g/mol. The minimum absolute atomic E-state index is 0.428. The second-order valence-corrected chi connectivity index (χ2v) is 7.15. The molecule has 154 valence electrons. The molecule has 0 aliphatic rings. The highest BCUT2D eigenvalue weighted by atomic mass is 16.5. The van der Waals surface area contributed by atoms with Crippen LogP contribution in [0.3, 0.4) is 0 Å². The molecule has 1 heterocycles. The van der Waals surface area contributed by atoms with Gasteiger partial charge in [0.05, 0.1) is 24.8 Å². The molecule has 0 aliphatic heterocycles. The molecule has 0 spiro atoms. The van der Waals surface area contributed by atoms with Crippen molar-refractivity contribution >= 4 is 11.0 Å². The maximum atomic E-state index is 5.99. The zero-order chi connectivity index (χ0) is 20.8. The summed E-state index contributed by atoms with van der Waals surface area (Å²) in [5.74, 6) is 3.43. The third kappa shape index (κ3) is 4.74. The summed E-state index contributed by atoms with van der Waals surface area (Å²) >= 11 is 0. The lowest BCUT2D eigenvalue weighted by molar-refractivity contribution is 0.280. The van der Waals surface area contributed by atoms with Crippen molar-refractivity contribution in [2.24, 2.45) is 0 Å². The Labute approximate surface area is 176 Å². The average Bonchev–Trinajstić information content (AvgIpc) is 3.14. The van der Waals surface area contributed by atoms with Crippen molar-refractivity contribution in [2.75, 3.05) is 13.7 Å². The molecule has 0 saturated heterocycles. The summed E-state index contributed by atoms with van der Waals surface area (Å²) in [4.78, 5) is 4.78. The summed E-state index contributed by atoms with van der Waals surface area (Å²) in [7, 11) is 1.66. The molecule has 5 nitrogen and oxygen atoms in total. The quantitative estimate of drug-likeness (QED) is 0.352. The molecular weight excluding hydrogens is 376 g/mol. The van der Waals surface area contributed by atoms with Crippen LogP contribution in [0.1, 0.15) is 17.8 Å². The van der Waals surface area contributed by atoms with E-state index in [1.54, 1.807) is 7.11 Å². The van der Waals surface area contributed by atoms with Gasteiger partial charge in [-0.15, -0.1) is 0 Å². The lowest BCUT2D eigenvalue weighted by Crippen LogP contribution is -2.10. The third-order valence-corrected chi connectivity index (χ3v) is 4.98. The lowest BCUT2D eigenvalue weighted by atomic mass is 10.2. The van der Waals surface area contributed by atoms with Crippen LogP contribution in [0.5, 0.6) is 17.2 Å². The first-order chi connectivity index (χ1) is 14.7. The van der Waals surface area contributed by atoms with Gasteiger partial charge in [-0.2, -0.15) is 0 Å². The summed E-state index contributed by atoms with van der Waals surface area (Å²) in [6, 6.07) is 23.9. The van der Waals surface area contributed by atoms with Gasteiger partial charge < -0.3 is 18.8 Å². The van der Waals surface area contributed by atoms with Crippen LogP contribution < -0.4 is 14.2 Å². The standard InChI is InChI=1S/C25H26N2O3/c1-19-8-10-22(11-9-19)30-18-25-26-23-6-3-4-7-24(23)27(25)16-5-17-29-21-14-12-20(28-2)13-15-21/h3-4,6-15H,5,16-18H2,1-2H3. The van der Waals surface area contributed by atoms with Gasteiger partial charge in [0, 0.05) is 6.54 Å². The van der Waals surface area contributed by atoms with Crippen molar-refractivity contribution in [3.8, 4) is 17.2 Å². The molecule has 0 amide bonds. The zero-order valence-electron chi connectivity index (χ0n) is 17.4. The van der Waals surface area contributed by atoms with Crippen molar-refractivity contribution in [3.63, 3.8) is 0 Å². The Balaban J connectivity index is 1.41. The number of methoxy groups -OCH3 is 1. The first kappa shape index (κ1) is 19.8. The Kier molecular flexibility index (Phi) is 6.18. The number of fused-ring (bicyclic) bond motifs is 1. The first-order valence-corrected chi connectivity index (χ1v) is 10.1. The Morgan fingerprint density at radius 2 is 1.47 bits per heavy atom. The van der Waals surface area contributed by atoms with Gasteiger partial charge in [0.15, 0.2) is 0 Å². The highest BCUT2D eigenvalue weighted by Gasteiger charge is 2.11. The second kappa shape index (κ2) is 9.35. The van der Waals surface area contributed by atoms with E-state index >= 15 is 0 Å². The second-order valence-electron chi connectivity index (χ2n) is 7.15. The van der Waals surface area contributed by atoms with E-state index in [1.807, 2.05) is 54.6 Å². The number of hydrogen-bond donors (Lipinski definition) is 0. The predicted molar refractivity (Wildman–Crippen MR) is 118 cm³/mol. The van der Waals surface area contributed by atoms with Crippen molar-refractivity contribution in [3.05, 3.63) is 84.2 Å². The molecule has 4 aromatic rings. The molecule has 0 atom stereocenters. The van der Waals surface area contributed by atoms with E-state index in [2.05, 4.69) is 29.7 Å². The van der Waals surface area contributed by atoms with E-state index in [0.717, 1.165) is 47.1 Å². The molecule has 0 N–H and O–H groups in total. The van der Waals surface area contributed by atoms with Crippen LogP contribution in [-0.4, -0.2) is 23.3 Å². The van der Waals surface area contributed by atoms with Gasteiger partial charge in [-0.1, -0.05) is 29.8 Å². The number of rotatable bonds is 9. The largest absolute Gasteiger partial charge is 0.497 e. The van der Waals surface area contributed by atoms with E-state index in [0.29, 0.717) is 13.2 Å². The number of nitrogens with zero attached hydrogens (tertiary/aromatic N) is 2. The SMILES string of the molecule is COc1ccc(OCCCn2c(COc3ccc(C)cc3)nc3ccccc32)cc1. The molecule has 0 unspecified atom stereocenters. The summed E-state index contributed by atoms with van der Waals surface area (Å²) in [5, 5.41) is 0. The molecule has 0 radical (unpaired) electrons. The smallest absolute Gasteiger partial charge is 0.147 e. The maximum absolute atomic E-state index is 5.99. The fraction of sp³-hybridized carbons (Fsp3) is 0.240. The summed E-state index contributed by atoms with van der Waals surface area (Å²) in [6.45, 7) is 3.93. The van der Waals surface area contributed by atoms with Crippen LogP contribution in [0.15, 0.2) is 72.8 Å². The minimum Gasteiger partial charge on any atom is -0.497 e. The molecule has 30 heavy (non-hydrogen) atoms. The topological polar surface area (TPSA) is 45.5 Å². The van der Waals surface area contributed by atoms with Crippen LogP contribution in [0, 0.1) is 6.92 Å². The van der Waals surface area contributed by atoms with E-state index < -0.39 is 0 Å². The number of hydrogen-bond acceptors (Lipinski definition) is 4. The van der Waals surface area contributed by atoms with Gasteiger partial charge in [-0.3, -0.25) is 0 Å². The molecule has 3 aromatic carbocycles. The van der Waals surface area contributed by atoms with Crippen molar-refractivity contribution in [2.45, 2.75) is 26.5 Å². The van der Waals surface area contributed by atoms with E-state index in [-0.39, 0.29) is 0 Å². The van der Waals surface area contributed by atoms with Crippen molar-refractivity contribution in [1.29, 1.82) is 0 Å². The Morgan fingerprint density at radius 1 is 0.800 bits per heavy atom. The van der Waals surface area contributed by atoms with E-state index in [4.69, 9.17) is 19.2 Å². The van der Waals surface area contributed by atoms with Crippen LogP contribution in [-0.2, 0) is 13.2 Å². The van der Waals surface area contributed by atoms with Crippen LogP contribution >= 0.6 is 0 Å². The Hall–Kier alpha value is -3.47. The van der Waals surface area contributed by atoms with Gasteiger partial charge >= 0.3 is 0 Å². The van der Waals surface area contributed by atoms with Crippen molar-refractivity contribution < 1.29 is 14.2 Å². The van der Waals surface area contributed by atoms with Gasteiger partial charge in [-0.05, 0) is 61.9 Å². The maximum Gasteiger partial charge on any atom is 0.147 e. The van der Waals surface area contributed by atoms with Gasteiger partial charge in [0.1, 0.15) is 29.7 Å². The van der Waals surface area contributed by atoms with Gasteiger partial charge in [0.25, 0.3) is 0 Å². The lowest BCUT2D eigenvalue weighted by Gasteiger charge is -2.12. The van der Waals surface area contributed by atoms with Crippen molar-refractivity contribution in [1.82, 2.24) is 9.55 Å². The van der Waals surface area contributed by atoms with Gasteiger partial charge in [-0.25, -0.2) is 4.98 Å². The molecule has 0 bridgehead atoms. The third-order valence-electron chi connectivity index (χ3n) is 4.98. The molecule has 0 saturated carbocycles. The fourth-order valence-corrected chi connectivity index (χ4v) is 3.35. The molecular formula is C25H26N2O3.